The van der Waals surface area contributed by atoms with Gasteiger partial charge in [0.2, 0.25) is 5.91 Å². The van der Waals surface area contributed by atoms with Crippen LogP contribution in [0.3, 0.4) is 0 Å². The van der Waals surface area contributed by atoms with E-state index in [9.17, 15) is 14.4 Å². The molecule has 6 unspecified atom stereocenters. The molecule has 6 rings (SSSR count). The van der Waals surface area contributed by atoms with Crippen molar-refractivity contribution >= 4 is 17.7 Å². The first-order valence-electron chi connectivity index (χ1n) is 7.53. The standard InChI is InChI=1S/C15H16N2O3/c18-13(6-1-2-6)16-17-14(19)11-7-3-4-8(10-5-9(7)10)12(11)15(17)20/h3-4,6-12H,1-2,5H2,(H,16,18). The van der Waals surface area contributed by atoms with Crippen LogP contribution >= 0.6 is 0 Å². The van der Waals surface area contributed by atoms with Gasteiger partial charge in [0.1, 0.15) is 0 Å². The summed E-state index contributed by atoms with van der Waals surface area (Å²) in [5, 5.41) is 1.04. The Morgan fingerprint density at radius 2 is 1.60 bits per heavy atom. The quantitative estimate of drug-likeness (QED) is 0.587. The lowest BCUT2D eigenvalue weighted by Gasteiger charge is -2.37. The Morgan fingerprint density at radius 1 is 1.05 bits per heavy atom. The molecule has 4 fully saturated rings. The number of imide groups is 1. The van der Waals surface area contributed by atoms with Gasteiger partial charge in [-0.05, 0) is 42.9 Å². The largest absolute Gasteiger partial charge is 0.273 e. The highest BCUT2D eigenvalue weighted by atomic mass is 16.2. The van der Waals surface area contributed by atoms with Gasteiger partial charge in [0.25, 0.3) is 11.8 Å². The molecule has 0 aromatic carbocycles. The van der Waals surface area contributed by atoms with E-state index >= 15 is 0 Å². The lowest BCUT2D eigenvalue weighted by molar-refractivity contribution is -0.149. The van der Waals surface area contributed by atoms with Crippen LogP contribution in [0.1, 0.15) is 19.3 Å². The smallest absolute Gasteiger partial charge is 0.252 e. The van der Waals surface area contributed by atoms with Gasteiger partial charge in [0.05, 0.1) is 11.8 Å². The van der Waals surface area contributed by atoms with E-state index in [1.807, 2.05) is 0 Å². The molecule has 1 aliphatic heterocycles. The second kappa shape index (κ2) is 3.32. The van der Waals surface area contributed by atoms with Crippen LogP contribution in [0.15, 0.2) is 12.2 Å². The Kier molecular flexibility index (Phi) is 1.84. The summed E-state index contributed by atoms with van der Waals surface area (Å²) in [4.78, 5) is 36.9. The summed E-state index contributed by atoms with van der Waals surface area (Å²) in [7, 11) is 0. The van der Waals surface area contributed by atoms with Crippen molar-refractivity contribution in [1.29, 1.82) is 0 Å². The molecule has 1 N–H and O–H groups in total. The average molecular weight is 272 g/mol. The Hall–Kier alpha value is -1.65. The molecule has 0 aromatic heterocycles. The maximum atomic E-state index is 12.5. The molecule has 5 aliphatic carbocycles. The SMILES string of the molecule is O=C(NN1C(=O)C2C3C=CC(C4CC34)C2C1=O)C1CC1. The van der Waals surface area contributed by atoms with Crippen molar-refractivity contribution < 1.29 is 14.4 Å². The molecule has 3 saturated carbocycles. The molecule has 1 saturated heterocycles. The first kappa shape index (κ1) is 11.1. The highest BCUT2D eigenvalue weighted by molar-refractivity contribution is 6.07. The molecule has 20 heavy (non-hydrogen) atoms. The van der Waals surface area contributed by atoms with Crippen LogP contribution in [0, 0.1) is 41.4 Å². The van der Waals surface area contributed by atoms with E-state index in [1.54, 1.807) is 0 Å². The first-order chi connectivity index (χ1) is 9.66. The van der Waals surface area contributed by atoms with E-state index in [0.717, 1.165) is 24.3 Å². The molecule has 5 heteroatoms. The summed E-state index contributed by atoms with van der Waals surface area (Å²) < 4.78 is 0. The molecule has 3 amide bonds. The fourth-order valence-corrected chi connectivity index (χ4v) is 4.61. The van der Waals surface area contributed by atoms with Gasteiger partial charge in [0.15, 0.2) is 0 Å². The number of allylic oxidation sites excluding steroid dienone is 2. The van der Waals surface area contributed by atoms with Crippen LogP contribution in [0.2, 0.25) is 0 Å². The second-order valence-corrected chi connectivity index (χ2v) is 6.92. The van der Waals surface area contributed by atoms with Crippen LogP contribution in [-0.2, 0) is 14.4 Å². The van der Waals surface area contributed by atoms with Crippen LogP contribution < -0.4 is 5.43 Å². The topological polar surface area (TPSA) is 66.5 Å². The maximum Gasteiger partial charge on any atom is 0.252 e. The fraction of sp³-hybridized carbons (Fsp3) is 0.667. The zero-order valence-electron chi connectivity index (χ0n) is 11.0. The van der Waals surface area contributed by atoms with Gasteiger partial charge < -0.3 is 0 Å². The summed E-state index contributed by atoms with van der Waals surface area (Å²) in [6.45, 7) is 0. The van der Waals surface area contributed by atoms with Crippen LogP contribution in [0.4, 0.5) is 0 Å². The Morgan fingerprint density at radius 3 is 2.10 bits per heavy atom. The Labute approximate surface area is 116 Å². The lowest BCUT2D eigenvalue weighted by Crippen LogP contribution is -2.47. The van der Waals surface area contributed by atoms with E-state index in [-0.39, 0.29) is 47.3 Å². The van der Waals surface area contributed by atoms with Crippen molar-refractivity contribution in [3.05, 3.63) is 12.2 Å². The number of carbonyl (C=O) groups is 3. The van der Waals surface area contributed by atoms with Crippen molar-refractivity contribution in [2.75, 3.05) is 0 Å². The van der Waals surface area contributed by atoms with Crippen LogP contribution in [0.5, 0.6) is 0 Å². The minimum absolute atomic E-state index is 0.00137. The zero-order valence-corrected chi connectivity index (χ0v) is 11.0. The summed E-state index contributed by atoms with van der Waals surface area (Å²) in [6.07, 6.45) is 7.16. The van der Waals surface area contributed by atoms with Gasteiger partial charge in [-0.3, -0.25) is 19.8 Å². The third-order valence-electron chi connectivity index (χ3n) is 5.83. The Balaban J connectivity index is 1.46. The molecular weight excluding hydrogens is 256 g/mol. The van der Waals surface area contributed by atoms with Gasteiger partial charge in [-0.1, -0.05) is 12.2 Å². The molecule has 0 spiro atoms. The minimum atomic E-state index is -0.222. The number of amides is 3. The van der Waals surface area contributed by atoms with E-state index in [2.05, 4.69) is 17.6 Å². The van der Waals surface area contributed by atoms with E-state index in [0.29, 0.717) is 11.8 Å². The van der Waals surface area contributed by atoms with Crippen molar-refractivity contribution in [2.24, 2.45) is 41.4 Å². The summed E-state index contributed by atoms with van der Waals surface area (Å²) >= 11 is 0. The van der Waals surface area contributed by atoms with E-state index < -0.39 is 0 Å². The average Bonchev–Trinajstić information content (AvgIpc) is 3.34. The molecule has 1 heterocycles. The van der Waals surface area contributed by atoms with Crippen molar-refractivity contribution in [1.82, 2.24) is 10.4 Å². The number of hydrogen-bond donors (Lipinski definition) is 1. The molecule has 0 radical (unpaired) electrons. The third kappa shape index (κ3) is 1.21. The maximum absolute atomic E-state index is 12.5. The number of nitrogens with one attached hydrogen (secondary N) is 1. The van der Waals surface area contributed by atoms with Gasteiger partial charge in [-0.15, -0.1) is 0 Å². The van der Waals surface area contributed by atoms with E-state index in [4.69, 9.17) is 0 Å². The third-order valence-corrected chi connectivity index (χ3v) is 5.83. The number of hydrazine groups is 1. The van der Waals surface area contributed by atoms with Crippen molar-refractivity contribution in [3.8, 4) is 0 Å². The summed E-state index contributed by atoms with van der Waals surface area (Å²) in [5.41, 5.74) is 2.56. The summed E-state index contributed by atoms with van der Waals surface area (Å²) in [6, 6.07) is 0. The number of rotatable bonds is 2. The van der Waals surface area contributed by atoms with Crippen LogP contribution in [0.25, 0.3) is 0 Å². The monoisotopic (exact) mass is 272 g/mol. The highest BCUT2D eigenvalue weighted by Crippen LogP contribution is 2.65. The predicted molar refractivity (Wildman–Crippen MR) is 67.4 cm³/mol. The molecule has 0 aromatic rings. The predicted octanol–water partition coefficient (Wildman–Crippen LogP) is 0.481. The molecular formula is C15H16N2O3. The molecule has 5 nitrogen and oxygen atoms in total. The fourth-order valence-electron chi connectivity index (χ4n) is 4.61. The van der Waals surface area contributed by atoms with Gasteiger partial charge in [-0.25, -0.2) is 0 Å². The van der Waals surface area contributed by atoms with Crippen molar-refractivity contribution in [2.45, 2.75) is 19.3 Å². The van der Waals surface area contributed by atoms with Gasteiger partial charge in [-0.2, -0.15) is 5.01 Å². The molecule has 104 valence electrons. The lowest BCUT2D eigenvalue weighted by atomic mass is 9.63. The molecule has 2 bridgehead atoms. The van der Waals surface area contributed by atoms with Crippen molar-refractivity contribution in [3.63, 3.8) is 0 Å². The van der Waals surface area contributed by atoms with Gasteiger partial charge >= 0.3 is 0 Å². The highest BCUT2D eigenvalue weighted by Gasteiger charge is 2.67. The zero-order chi connectivity index (χ0) is 13.6. The molecule has 6 aliphatic rings. The van der Waals surface area contributed by atoms with Gasteiger partial charge in [0, 0.05) is 5.92 Å². The second-order valence-electron chi connectivity index (χ2n) is 6.92. The number of carbonyl (C=O) groups excluding carboxylic acids is 3. The minimum Gasteiger partial charge on any atom is -0.273 e. The van der Waals surface area contributed by atoms with Crippen LogP contribution in [-0.4, -0.2) is 22.7 Å². The molecule has 6 atom stereocenters. The number of nitrogens with zero attached hydrogens (tertiary/aromatic N) is 1. The Bertz CT molecular complexity index is 544. The normalized spacial score (nSPS) is 47.3. The number of hydrogen-bond acceptors (Lipinski definition) is 3. The van der Waals surface area contributed by atoms with E-state index in [1.165, 1.54) is 0 Å². The summed E-state index contributed by atoms with van der Waals surface area (Å²) in [5.74, 6) is 0.656. The first-order valence-corrected chi connectivity index (χ1v) is 7.53.